The van der Waals surface area contributed by atoms with E-state index >= 15 is 0 Å². The van der Waals surface area contributed by atoms with Crippen molar-refractivity contribution >= 4 is 104 Å². The largest absolute Gasteiger partial charge is 0.507 e. The second-order valence-corrected chi connectivity index (χ2v) is 15.9. The molecular formula is C32H28Cl2N6O6S4. The number of phenols is 2. The second-order valence-electron chi connectivity index (χ2n) is 10.6. The van der Waals surface area contributed by atoms with Crippen molar-refractivity contribution in [1.29, 1.82) is 0 Å². The lowest BCUT2D eigenvalue weighted by Gasteiger charge is -2.13. The van der Waals surface area contributed by atoms with Gasteiger partial charge in [-0.25, -0.2) is 0 Å². The number of hydrogen-bond donors (Lipinski definition) is 2. The first-order valence-corrected chi connectivity index (χ1v) is 20.2. The first-order chi connectivity index (χ1) is 24.1. The number of fused-ring (bicyclic) bond motifs is 4. The average molecular weight is 792 g/mol. The molecule has 50 heavy (non-hydrogen) atoms. The summed E-state index contributed by atoms with van der Waals surface area (Å²) < 4.78 is 0. The number of thioether (sulfide) groups is 4. The van der Waals surface area contributed by atoms with Gasteiger partial charge in [0, 0.05) is 92.5 Å². The van der Waals surface area contributed by atoms with E-state index in [1.165, 1.54) is 36.4 Å². The Hall–Kier alpha value is -3.54. The number of azo groups is 2. The van der Waals surface area contributed by atoms with Crippen molar-refractivity contribution in [2.75, 3.05) is 23.0 Å². The van der Waals surface area contributed by atoms with Crippen LogP contribution in [0.4, 0.5) is 34.1 Å². The van der Waals surface area contributed by atoms with Crippen LogP contribution in [0.3, 0.4) is 0 Å². The number of phenolic OH excluding ortho intramolecular Hbond substituents is 2. The molecule has 1 aliphatic rings. The Bertz CT molecular complexity index is 1770. The maximum absolute atomic E-state index is 11.1. The van der Waals surface area contributed by atoms with Crippen molar-refractivity contribution in [3.63, 3.8) is 0 Å². The number of rotatable bonds is 6. The molecule has 4 aromatic carbocycles. The molecule has 0 spiro atoms. The van der Waals surface area contributed by atoms with Crippen LogP contribution in [0.2, 0.25) is 10.0 Å². The summed E-state index contributed by atoms with van der Waals surface area (Å²) in [7, 11) is 0. The second kappa shape index (κ2) is 18.1. The smallest absolute Gasteiger partial charge is 0.271 e. The van der Waals surface area contributed by atoms with E-state index in [-0.39, 0.29) is 32.9 Å². The number of aromatic hydroxyl groups is 2. The minimum absolute atomic E-state index is 0.115. The summed E-state index contributed by atoms with van der Waals surface area (Å²) in [5, 5.41) is 61.7. The van der Waals surface area contributed by atoms with E-state index in [0.29, 0.717) is 45.8 Å². The van der Waals surface area contributed by atoms with Crippen LogP contribution < -0.4 is 0 Å². The summed E-state index contributed by atoms with van der Waals surface area (Å²) in [4.78, 5) is 21.0. The van der Waals surface area contributed by atoms with E-state index < -0.39 is 9.85 Å². The fourth-order valence-corrected chi connectivity index (χ4v) is 9.26. The lowest BCUT2D eigenvalue weighted by Crippen LogP contribution is -1.95. The molecule has 12 nitrogen and oxygen atoms in total. The quantitative estimate of drug-likeness (QED) is 0.108. The topological polar surface area (TPSA) is 176 Å². The summed E-state index contributed by atoms with van der Waals surface area (Å²) in [5.74, 6) is 5.73. The van der Waals surface area contributed by atoms with Crippen molar-refractivity contribution in [2.45, 2.75) is 23.0 Å². The van der Waals surface area contributed by atoms with Gasteiger partial charge in [-0.3, -0.25) is 20.2 Å². The third-order valence-electron chi connectivity index (χ3n) is 7.11. The van der Waals surface area contributed by atoms with Crippen LogP contribution in [-0.4, -0.2) is 43.1 Å². The Morgan fingerprint density at radius 2 is 0.860 bits per heavy atom. The number of benzene rings is 4. The zero-order valence-corrected chi connectivity index (χ0v) is 30.8. The Labute approximate surface area is 313 Å². The Morgan fingerprint density at radius 3 is 1.14 bits per heavy atom. The van der Waals surface area contributed by atoms with E-state index in [1.807, 2.05) is 0 Å². The lowest BCUT2D eigenvalue weighted by atomic mass is 10.1. The molecule has 0 saturated heterocycles. The van der Waals surface area contributed by atoms with Crippen molar-refractivity contribution < 1.29 is 20.1 Å². The molecular weight excluding hydrogens is 764 g/mol. The molecule has 0 radical (unpaired) electrons. The van der Waals surface area contributed by atoms with Gasteiger partial charge in [-0.2, -0.15) is 57.3 Å². The van der Waals surface area contributed by atoms with Gasteiger partial charge in [0.15, 0.2) is 0 Å². The highest BCUT2D eigenvalue weighted by atomic mass is 35.5. The van der Waals surface area contributed by atoms with E-state index in [2.05, 4.69) is 20.5 Å². The van der Waals surface area contributed by atoms with Gasteiger partial charge in [0.1, 0.15) is 22.9 Å². The van der Waals surface area contributed by atoms with Crippen LogP contribution in [0, 0.1) is 20.2 Å². The van der Waals surface area contributed by atoms with Crippen LogP contribution >= 0.6 is 70.2 Å². The van der Waals surface area contributed by atoms with Crippen molar-refractivity contribution in [3.8, 4) is 11.5 Å². The number of non-ortho nitro benzene ring substituents is 2. The van der Waals surface area contributed by atoms with Crippen LogP contribution in [0.5, 0.6) is 11.5 Å². The Morgan fingerprint density at radius 1 is 0.540 bits per heavy atom. The summed E-state index contributed by atoms with van der Waals surface area (Å²) in [5.41, 5.74) is 4.32. The van der Waals surface area contributed by atoms with Crippen LogP contribution in [0.15, 0.2) is 81.1 Å². The maximum atomic E-state index is 11.1. The normalized spacial score (nSPS) is 14.8. The molecule has 0 atom stereocenters. The number of hydrogen-bond acceptors (Lipinski definition) is 14. The maximum Gasteiger partial charge on any atom is 0.271 e. The fraction of sp³-hybridized carbons (Fsp3) is 0.250. The fourth-order valence-electron chi connectivity index (χ4n) is 4.61. The molecule has 0 saturated carbocycles. The number of nitro benzene ring substituents is 2. The highest BCUT2D eigenvalue weighted by molar-refractivity contribution is 8.02. The number of nitrogens with zero attached hydrogens (tertiary/aromatic N) is 6. The van der Waals surface area contributed by atoms with Gasteiger partial charge < -0.3 is 10.2 Å². The highest BCUT2D eigenvalue weighted by Gasteiger charge is 2.15. The van der Waals surface area contributed by atoms with Gasteiger partial charge in [0.2, 0.25) is 0 Å². The predicted octanol–water partition coefficient (Wildman–Crippen LogP) is 11.7. The molecule has 5 rings (SSSR count). The highest BCUT2D eigenvalue weighted by Crippen LogP contribution is 2.38. The molecule has 0 amide bonds. The third kappa shape index (κ3) is 10.3. The molecule has 1 heterocycles. The summed E-state index contributed by atoms with van der Waals surface area (Å²) in [6.07, 6.45) is 0. The van der Waals surface area contributed by atoms with Gasteiger partial charge >= 0.3 is 0 Å². The number of nitro groups is 2. The monoisotopic (exact) mass is 790 g/mol. The molecule has 260 valence electrons. The lowest BCUT2D eigenvalue weighted by molar-refractivity contribution is -0.385. The minimum atomic E-state index is -0.528. The average Bonchev–Trinajstić information content (AvgIpc) is 3.08. The summed E-state index contributed by atoms with van der Waals surface area (Å²) in [6.45, 7) is 0. The molecule has 4 aromatic rings. The molecule has 4 bridgehead atoms. The van der Waals surface area contributed by atoms with Gasteiger partial charge in [-0.1, -0.05) is 23.2 Å². The molecule has 0 unspecified atom stereocenters. The van der Waals surface area contributed by atoms with Crippen molar-refractivity contribution in [3.05, 3.63) is 113 Å². The zero-order chi connectivity index (χ0) is 35.6. The minimum Gasteiger partial charge on any atom is -0.507 e. The zero-order valence-electron chi connectivity index (χ0n) is 26.0. The van der Waals surface area contributed by atoms with Gasteiger partial charge in [0.05, 0.1) is 31.3 Å². The Balaban J connectivity index is 1.30. The molecule has 18 heteroatoms. The van der Waals surface area contributed by atoms with E-state index in [4.69, 9.17) is 23.2 Å². The molecule has 0 aliphatic carbocycles. The van der Waals surface area contributed by atoms with Crippen LogP contribution in [0.25, 0.3) is 0 Å². The van der Waals surface area contributed by atoms with E-state index in [9.17, 15) is 30.4 Å². The predicted molar refractivity (Wildman–Crippen MR) is 205 cm³/mol. The van der Waals surface area contributed by atoms with Gasteiger partial charge in [-0.15, -0.1) is 10.2 Å². The van der Waals surface area contributed by atoms with Crippen molar-refractivity contribution in [1.82, 2.24) is 0 Å². The van der Waals surface area contributed by atoms with E-state index in [0.717, 1.165) is 45.3 Å². The van der Waals surface area contributed by atoms with E-state index in [1.54, 1.807) is 71.3 Å². The molecule has 2 N–H and O–H groups in total. The third-order valence-corrected chi connectivity index (χ3v) is 12.3. The SMILES string of the molecule is O=[N+]([O-])c1ccc(N=Nc2cc3c(O)c(c2)CSCCSCc2cc(N=Nc4ccc([N+](=O)[O-])cc4Cl)cc(c2O)CSCCSC3)c(Cl)c1. The molecule has 1 aliphatic heterocycles. The first kappa shape index (κ1) is 37.7. The molecule has 0 fully saturated rings. The molecule has 0 aromatic heterocycles. The summed E-state index contributed by atoms with van der Waals surface area (Å²) >= 11 is 19.0. The van der Waals surface area contributed by atoms with Gasteiger partial charge in [-0.05, 0) is 36.4 Å². The first-order valence-electron chi connectivity index (χ1n) is 14.8. The van der Waals surface area contributed by atoms with Crippen molar-refractivity contribution in [2.24, 2.45) is 20.5 Å². The van der Waals surface area contributed by atoms with Gasteiger partial charge in [0.25, 0.3) is 11.4 Å². The standard InChI is InChI=1S/C32H28Cl2N6O6S4/c33-27-13-25(39(43)44)1-3-29(27)37-35-23-9-19-15-47-5-7-49-17-21-11-24(36-38-30-4-2-26(40(45)46)14-28(30)34)12-22(32(21)42)18-50-8-6-48-16-20(10-23)31(19)41/h1-4,9-14,41-42H,5-8,15-18H2. The Kier molecular flexibility index (Phi) is 13.7. The van der Waals surface area contributed by atoms with Crippen LogP contribution in [0.1, 0.15) is 22.3 Å². The summed E-state index contributed by atoms with van der Waals surface area (Å²) in [6, 6.07) is 15.1. The van der Waals surface area contributed by atoms with Crippen LogP contribution in [-0.2, 0) is 23.0 Å². The number of halogens is 2.